The Hall–Kier alpha value is -1.63. The largest absolute Gasteiger partial charge is 1.00 e. The van der Waals surface area contributed by atoms with Crippen LogP contribution in [0.25, 0.3) is 0 Å². The van der Waals surface area contributed by atoms with Gasteiger partial charge in [0.25, 0.3) is 5.91 Å². The Morgan fingerprint density at radius 2 is 1.38 bits per heavy atom. The van der Waals surface area contributed by atoms with E-state index in [-0.39, 0.29) is 41.3 Å². The monoisotopic (exact) mass is 664 g/mol. The number of nitrogens with one attached hydrogen (secondary N) is 1. The maximum Gasteiger partial charge on any atom is 0.252 e. The summed E-state index contributed by atoms with van der Waals surface area (Å²) < 4.78 is 8.36. The van der Waals surface area contributed by atoms with Gasteiger partial charge in [0.15, 0.2) is 12.4 Å². The molecule has 1 aromatic heterocycles. The van der Waals surface area contributed by atoms with Crippen LogP contribution in [-0.2, 0) is 12.0 Å². The second-order valence-electron chi connectivity index (χ2n) is 12.1. The Morgan fingerprint density at radius 1 is 0.825 bits per heavy atom. The highest BCUT2D eigenvalue weighted by Gasteiger charge is 2.22. The summed E-state index contributed by atoms with van der Waals surface area (Å²) in [5.74, 6) is 0.942. The van der Waals surface area contributed by atoms with Gasteiger partial charge in [-0.2, -0.15) is 0 Å². The van der Waals surface area contributed by atoms with E-state index in [1.807, 2.05) is 24.5 Å². The molecule has 0 radical (unpaired) electrons. The summed E-state index contributed by atoms with van der Waals surface area (Å²) in [4.78, 5) is 12.9. The lowest BCUT2D eigenvalue weighted by Gasteiger charge is -2.26. The Balaban J connectivity index is 0.00000800. The average Bonchev–Trinajstić information content (AvgIpc) is 2.93. The van der Waals surface area contributed by atoms with Crippen LogP contribution in [-0.4, -0.2) is 12.5 Å². The zero-order valence-corrected chi connectivity index (χ0v) is 28.5. The van der Waals surface area contributed by atoms with Gasteiger partial charge in [-0.3, -0.25) is 4.79 Å². The van der Waals surface area contributed by atoms with Gasteiger partial charge < -0.3 is 34.0 Å². The van der Waals surface area contributed by atoms with Crippen molar-refractivity contribution < 1.29 is 38.1 Å². The Bertz CT molecular complexity index is 953. The standard InChI is InChI=1S/C35H56N2O2.HI/c1-7-10-11-12-13-14-15-16-17-18-19-20-27-39-33-22-21-30(28-31(33)35(4,5)6)32(8-2)36-34(38)29-23-25-37(9-3)26-24-29;/h21-26,28,32H,7-20,27H2,1-6H3;1H. The van der Waals surface area contributed by atoms with Crippen molar-refractivity contribution in [2.24, 2.45) is 0 Å². The highest BCUT2D eigenvalue weighted by molar-refractivity contribution is 5.94. The van der Waals surface area contributed by atoms with Gasteiger partial charge in [-0.1, -0.05) is 111 Å². The molecular formula is C35H57IN2O2. The molecule has 1 N–H and O–H groups in total. The molecule has 1 amide bonds. The molecule has 1 heterocycles. The number of amides is 1. The number of carbonyl (C=O) groups is 1. The second kappa shape index (κ2) is 20.3. The predicted octanol–water partition coefficient (Wildman–Crippen LogP) is 6.26. The van der Waals surface area contributed by atoms with E-state index in [1.54, 1.807) is 0 Å². The number of ether oxygens (including phenoxy) is 1. The number of carbonyl (C=O) groups excluding carboxylic acids is 1. The van der Waals surface area contributed by atoms with Crippen molar-refractivity contribution in [3.05, 3.63) is 59.4 Å². The quantitative estimate of drug-likeness (QED) is 0.110. The average molecular weight is 665 g/mol. The van der Waals surface area contributed by atoms with E-state index in [2.05, 4.69) is 69.6 Å². The molecule has 2 rings (SSSR count). The lowest BCUT2D eigenvalue weighted by Crippen LogP contribution is -3.00. The number of hydrogen-bond donors (Lipinski definition) is 1. The Kier molecular flexibility index (Phi) is 18.5. The summed E-state index contributed by atoms with van der Waals surface area (Å²) in [6.07, 6.45) is 20.9. The number of nitrogens with zero attached hydrogens (tertiary/aromatic N) is 1. The third kappa shape index (κ3) is 13.4. The van der Waals surface area contributed by atoms with Crippen LogP contribution in [0, 0.1) is 0 Å². The first-order valence-corrected chi connectivity index (χ1v) is 15.9. The molecule has 1 atom stereocenters. The van der Waals surface area contributed by atoms with Crippen molar-refractivity contribution in [1.82, 2.24) is 5.32 Å². The highest BCUT2D eigenvalue weighted by atomic mass is 127. The van der Waals surface area contributed by atoms with E-state index in [0.29, 0.717) is 5.56 Å². The van der Waals surface area contributed by atoms with Gasteiger partial charge in [0.1, 0.15) is 12.3 Å². The van der Waals surface area contributed by atoms with Gasteiger partial charge in [-0.15, -0.1) is 0 Å². The molecule has 2 aromatic rings. The maximum atomic E-state index is 12.9. The molecule has 0 saturated carbocycles. The minimum atomic E-state index is -0.0443. The number of rotatable bonds is 19. The van der Waals surface area contributed by atoms with Crippen LogP contribution >= 0.6 is 0 Å². The third-order valence-electron chi connectivity index (χ3n) is 7.70. The topological polar surface area (TPSA) is 42.2 Å². The van der Waals surface area contributed by atoms with Gasteiger partial charge >= 0.3 is 0 Å². The molecule has 5 heteroatoms. The van der Waals surface area contributed by atoms with E-state index in [4.69, 9.17) is 4.74 Å². The smallest absolute Gasteiger partial charge is 0.252 e. The number of benzene rings is 1. The van der Waals surface area contributed by atoms with E-state index >= 15 is 0 Å². The predicted molar refractivity (Wildman–Crippen MR) is 165 cm³/mol. The van der Waals surface area contributed by atoms with Crippen molar-refractivity contribution in [3.8, 4) is 5.75 Å². The van der Waals surface area contributed by atoms with Gasteiger partial charge in [0.2, 0.25) is 0 Å². The fourth-order valence-corrected chi connectivity index (χ4v) is 5.08. The van der Waals surface area contributed by atoms with Gasteiger partial charge in [0.05, 0.1) is 18.2 Å². The maximum absolute atomic E-state index is 12.9. The van der Waals surface area contributed by atoms with Crippen LogP contribution in [0.5, 0.6) is 5.75 Å². The number of aryl methyl sites for hydroxylation is 1. The van der Waals surface area contributed by atoms with E-state index in [9.17, 15) is 4.79 Å². The number of aromatic nitrogens is 1. The summed E-state index contributed by atoms with van der Waals surface area (Å²) in [7, 11) is 0. The molecule has 4 nitrogen and oxygen atoms in total. The van der Waals surface area contributed by atoms with Crippen molar-refractivity contribution in [3.63, 3.8) is 0 Å². The molecule has 0 saturated heterocycles. The summed E-state index contributed by atoms with van der Waals surface area (Å²) in [6.45, 7) is 14.8. The summed E-state index contributed by atoms with van der Waals surface area (Å²) in [6, 6.07) is 10.2. The SMILES string of the molecule is CCCCCCCCCCCCCCOc1ccc(C(CC)NC(=O)c2cc[n+](CC)cc2)cc1C(C)(C)C.[I-]. The Labute approximate surface area is 263 Å². The van der Waals surface area contributed by atoms with Gasteiger partial charge in [0, 0.05) is 12.1 Å². The molecule has 0 fully saturated rings. The fourth-order valence-electron chi connectivity index (χ4n) is 5.08. The number of pyridine rings is 1. The van der Waals surface area contributed by atoms with Crippen molar-refractivity contribution in [2.75, 3.05) is 6.61 Å². The zero-order chi connectivity index (χ0) is 28.5. The first-order valence-electron chi connectivity index (χ1n) is 15.9. The first-order chi connectivity index (χ1) is 18.8. The van der Waals surface area contributed by atoms with Crippen LogP contribution in [0.2, 0.25) is 0 Å². The molecule has 1 unspecified atom stereocenters. The highest BCUT2D eigenvalue weighted by Crippen LogP contribution is 2.34. The lowest BCUT2D eigenvalue weighted by atomic mass is 9.84. The third-order valence-corrected chi connectivity index (χ3v) is 7.70. The van der Waals surface area contributed by atoms with Crippen LogP contribution in [0.1, 0.15) is 153 Å². The first kappa shape index (κ1) is 36.4. The van der Waals surface area contributed by atoms with E-state index in [0.717, 1.165) is 37.3 Å². The molecular weight excluding hydrogens is 607 g/mol. The van der Waals surface area contributed by atoms with Crippen LogP contribution in [0.3, 0.4) is 0 Å². The van der Waals surface area contributed by atoms with E-state index in [1.165, 1.54) is 76.2 Å². The molecule has 0 spiro atoms. The minimum Gasteiger partial charge on any atom is -1.00 e. The second-order valence-corrected chi connectivity index (χ2v) is 12.1. The number of halogens is 1. The van der Waals surface area contributed by atoms with Crippen molar-refractivity contribution >= 4 is 5.91 Å². The summed E-state index contributed by atoms with van der Waals surface area (Å²) in [5, 5.41) is 3.24. The van der Waals surface area contributed by atoms with Crippen molar-refractivity contribution in [2.45, 2.75) is 143 Å². The molecule has 0 aliphatic carbocycles. The molecule has 226 valence electrons. The van der Waals surface area contributed by atoms with Gasteiger partial charge in [-0.25, -0.2) is 4.57 Å². The summed E-state index contributed by atoms with van der Waals surface area (Å²) >= 11 is 0. The number of hydrogen-bond acceptors (Lipinski definition) is 2. The lowest BCUT2D eigenvalue weighted by molar-refractivity contribution is -0.693. The Morgan fingerprint density at radius 3 is 1.88 bits per heavy atom. The van der Waals surface area contributed by atoms with Crippen LogP contribution < -0.4 is 38.6 Å². The molecule has 0 bridgehead atoms. The minimum absolute atomic E-state index is 0. The zero-order valence-electron chi connectivity index (χ0n) is 26.4. The van der Waals surface area contributed by atoms with Gasteiger partial charge in [-0.05, 0) is 48.4 Å². The molecule has 40 heavy (non-hydrogen) atoms. The van der Waals surface area contributed by atoms with E-state index < -0.39 is 0 Å². The van der Waals surface area contributed by atoms with Crippen LogP contribution in [0.4, 0.5) is 0 Å². The molecule has 1 aromatic carbocycles. The number of unbranched alkanes of at least 4 members (excludes halogenated alkanes) is 11. The summed E-state index contributed by atoms with van der Waals surface area (Å²) in [5.41, 5.74) is 2.98. The van der Waals surface area contributed by atoms with Crippen LogP contribution in [0.15, 0.2) is 42.7 Å². The molecule has 0 aliphatic heterocycles. The fraction of sp³-hybridized carbons (Fsp3) is 0.657. The molecule has 0 aliphatic rings. The normalized spacial score (nSPS) is 12.1. The van der Waals surface area contributed by atoms with Crippen molar-refractivity contribution in [1.29, 1.82) is 0 Å².